The van der Waals surface area contributed by atoms with Gasteiger partial charge in [-0.1, -0.05) is 5.16 Å². The second-order valence-electron chi connectivity index (χ2n) is 3.31. The second kappa shape index (κ2) is 3.76. The van der Waals surface area contributed by atoms with Crippen molar-refractivity contribution < 1.29 is 22.1 Å². The molecule has 0 fully saturated rings. The molecule has 0 amide bonds. The second-order valence-corrected chi connectivity index (χ2v) is 3.31. The fourth-order valence-corrected chi connectivity index (χ4v) is 1.31. The van der Waals surface area contributed by atoms with Crippen LogP contribution in [0.1, 0.15) is 5.56 Å². The van der Waals surface area contributed by atoms with Gasteiger partial charge in [-0.25, -0.2) is 4.39 Å². The molecule has 2 N–H and O–H groups in total. The zero-order chi connectivity index (χ0) is 12.6. The van der Waals surface area contributed by atoms with Crippen molar-refractivity contribution in [3.8, 4) is 11.3 Å². The van der Waals surface area contributed by atoms with Crippen molar-refractivity contribution in [3.63, 3.8) is 0 Å². The Labute approximate surface area is 92.8 Å². The van der Waals surface area contributed by atoms with E-state index in [9.17, 15) is 17.6 Å². The molecule has 0 atom stereocenters. The third-order valence-corrected chi connectivity index (χ3v) is 2.09. The molecule has 0 unspecified atom stereocenters. The van der Waals surface area contributed by atoms with Gasteiger partial charge >= 0.3 is 6.18 Å². The van der Waals surface area contributed by atoms with Crippen molar-refractivity contribution in [2.75, 3.05) is 5.73 Å². The number of hydrogen-bond donors (Lipinski definition) is 1. The summed E-state index contributed by atoms with van der Waals surface area (Å²) in [6.07, 6.45) is -4.55. The van der Waals surface area contributed by atoms with Crippen molar-refractivity contribution in [2.45, 2.75) is 6.18 Å². The molecule has 0 aliphatic heterocycles. The lowest BCUT2D eigenvalue weighted by atomic mass is 10.1. The number of rotatable bonds is 1. The number of nitrogens with two attached hydrogens (primary N) is 1. The normalized spacial score (nSPS) is 11.8. The Hall–Kier alpha value is -2.05. The minimum Gasteiger partial charge on any atom is -0.381 e. The summed E-state index contributed by atoms with van der Waals surface area (Å²) in [6, 6.07) is 3.17. The van der Waals surface area contributed by atoms with Crippen LogP contribution < -0.4 is 5.73 Å². The fraction of sp³-hybridized carbons (Fsp3) is 0.100. The molecule has 1 aromatic carbocycles. The third-order valence-electron chi connectivity index (χ3n) is 2.09. The molecule has 7 heteroatoms. The number of nitrogens with zero attached hydrogens (tertiary/aromatic N) is 1. The number of anilines is 1. The highest BCUT2D eigenvalue weighted by molar-refractivity contribution is 5.61. The Morgan fingerprint density at radius 1 is 1.18 bits per heavy atom. The summed E-state index contributed by atoms with van der Waals surface area (Å²) in [4.78, 5) is 0. The van der Waals surface area contributed by atoms with E-state index >= 15 is 0 Å². The molecular weight excluding hydrogens is 240 g/mol. The first-order valence-electron chi connectivity index (χ1n) is 4.47. The summed E-state index contributed by atoms with van der Waals surface area (Å²) in [6.45, 7) is 0. The topological polar surface area (TPSA) is 52.0 Å². The quantitative estimate of drug-likeness (QED) is 0.786. The van der Waals surface area contributed by atoms with Crippen LogP contribution in [-0.2, 0) is 6.18 Å². The average Bonchev–Trinajstić information content (AvgIpc) is 2.63. The molecule has 2 aromatic rings. The maximum absolute atomic E-state index is 13.4. The van der Waals surface area contributed by atoms with E-state index in [2.05, 4.69) is 9.68 Å². The Morgan fingerprint density at radius 2 is 1.88 bits per heavy atom. The van der Waals surface area contributed by atoms with E-state index in [0.717, 1.165) is 12.1 Å². The van der Waals surface area contributed by atoms with Gasteiger partial charge in [0.1, 0.15) is 5.82 Å². The molecule has 0 saturated heterocycles. The lowest BCUT2D eigenvalue weighted by Crippen LogP contribution is -2.05. The van der Waals surface area contributed by atoms with E-state index in [1.807, 2.05) is 0 Å². The Bertz CT molecular complexity index is 547. The smallest absolute Gasteiger partial charge is 0.381 e. The highest BCUT2D eigenvalue weighted by Crippen LogP contribution is 2.33. The number of alkyl halides is 3. The predicted molar refractivity (Wildman–Crippen MR) is 51.3 cm³/mol. The predicted octanol–water partition coefficient (Wildman–Crippen LogP) is 3.08. The van der Waals surface area contributed by atoms with Gasteiger partial charge in [0.25, 0.3) is 0 Å². The zero-order valence-electron chi connectivity index (χ0n) is 8.25. The van der Waals surface area contributed by atoms with Gasteiger partial charge in [-0.05, 0) is 18.2 Å². The van der Waals surface area contributed by atoms with Crippen molar-refractivity contribution in [3.05, 3.63) is 35.6 Å². The van der Waals surface area contributed by atoms with Gasteiger partial charge in [0.2, 0.25) is 0 Å². The Balaban J connectivity index is 2.54. The van der Waals surface area contributed by atoms with Crippen LogP contribution >= 0.6 is 0 Å². The highest BCUT2D eigenvalue weighted by atomic mass is 19.4. The molecule has 2 rings (SSSR count). The molecule has 0 saturated carbocycles. The van der Waals surface area contributed by atoms with Crippen LogP contribution in [0.15, 0.2) is 28.8 Å². The van der Waals surface area contributed by atoms with E-state index in [0.29, 0.717) is 12.1 Å². The average molecular weight is 246 g/mol. The number of halogens is 4. The number of aromatic nitrogens is 1. The molecule has 17 heavy (non-hydrogen) atoms. The van der Waals surface area contributed by atoms with Crippen LogP contribution in [0.2, 0.25) is 0 Å². The summed E-state index contributed by atoms with van der Waals surface area (Å²) in [5.41, 5.74) is 3.94. The first kappa shape index (κ1) is 11.4. The summed E-state index contributed by atoms with van der Waals surface area (Å²) < 4.78 is 55.3. The van der Waals surface area contributed by atoms with Gasteiger partial charge in [0.05, 0.1) is 11.1 Å². The van der Waals surface area contributed by atoms with Crippen LogP contribution in [0, 0.1) is 5.82 Å². The fourth-order valence-electron chi connectivity index (χ4n) is 1.31. The third kappa shape index (κ3) is 2.22. The molecule has 90 valence electrons. The van der Waals surface area contributed by atoms with E-state index < -0.39 is 17.6 Å². The van der Waals surface area contributed by atoms with E-state index in [4.69, 9.17) is 5.73 Å². The maximum Gasteiger partial charge on any atom is 0.416 e. The van der Waals surface area contributed by atoms with Gasteiger partial charge in [-0.3, -0.25) is 0 Å². The number of hydrogen-bond acceptors (Lipinski definition) is 3. The van der Waals surface area contributed by atoms with Crippen LogP contribution in [0.3, 0.4) is 0 Å². The van der Waals surface area contributed by atoms with E-state index in [1.165, 1.54) is 0 Å². The highest BCUT2D eigenvalue weighted by Gasteiger charge is 2.31. The largest absolute Gasteiger partial charge is 0.416 e. The molecule has 1 aromatic heterocycles. The lowest BCUT2D eigenvalue weighted by Gasteiger charge is -2.07. The first-order chi connectivity index (χ1) is 7.88. The molecule has 3 nitrogen and oxygen atoms in total. The SMILES string of the molecule is Nc1cc(-c2cc(C(F)(F)F)ccc2F)on1. The minimum atomic E-state index is -4.55. The summed E-state index contributed by atoms with van der Waals surface area (Å²) in [7, 11) is 0. The van der Waals surface area contributed by atoms with Crippen LogP contribution in [-0.4, -0.2) is 5.16 Å². The van der Waals surface area contributed by atoms with Gasteiger partial charge in [0.15, 0.2) is 11.6 Å². The molecule has 0 bridgehead atoms. The number of benzene rings is 1. The molecule has 0 radical (unpaired) electrons. The van der Waals surface area contributed by atoms with Gasteiger partial charge < -0.3 is 10.3 Å². The summed E-state index contributed by atoms with van der Waals surface area (Å²) >= 11 is 0. The Kier molecular flexibility index (Phi) is 2.53. The molecule has 0 aliphatic carbocycles. The molecule has 0 aliphatic rings. The van der Waals surface area contributed by atoms with Gasteiger partial charge in [-0.15, -0.1) is 0 Å². The lowest BCUT2D eigenvalue weighted by molar-refractivity contribution is -0.137. The standard InChI is InChI=1S/C10H6F4N2O/c11-7-2-1-5(10(12,13)14)3-6(7)8-4-9(15)16-17-8/h1-4H,(H2,15,16). The molecule has 0 spiro atoms. The number of nitrogen functional groups attached to an aromatic ring is 1. The Morgan fingerprint density at radius 3 is 2.41 bits per heavy atom. The van der Waals surface area contributed by atoms with Crippen LogP contribution in [0.25, 0.3) is 11.3 Å². The molecule has 1 heterocycles. The van der Waals surface area contributed by atoms with Crippen LogP contribution in [0.5, 0.6) is 0 Å². The van der Waals surface area contributed by atoms with Crippen molar-refractivity contribution >= 4 is 5.82 Å². The van der Waals surface area contributed by atoms with Crippen LogP contribution in [0.4, 0.5) is 23.4 Å². The minimum absolute atomic E-state index is 0.0307. The first-order valence-corrected chi connectivity index (χ1v) is 4.47. The zero-order valence-corrected chi connectivity index (χ0v) is 8.25. The monoisotopic (exact) mass is 246 g/mol. The van der Waals surface area contributed by atoms with E-state index in [1.54, 1.807) is 0 Å². The van der Waals surface area contributed by atoms with Crippen molar-refractivity contribution in [2.24, 2.45) is 0 Å². The van der Waals surface area contributed by atoms with Gasteiger partial charge in [0, 0.05) is 6.07 Å². The summed E-state index contributed by atoms with van der Waals surface area (Å²) in [5, 5.41) is 3.28. The van der Waals surface area contributed by atoms with Crippen molar-refractivity contribution in [1.82, 2.24) is 5.16 Å². The summed E-state index contributed by atoms with van der Waals surface area (Å²) in [5.74, 6) is -1.02. The van der Waals surface area contributed by atoms with Crippen molar-refractivity contribution in [1.29, 1.82) is 0 Å². The molecular formula is C10H6F4N2O. The maximum atomic E-state index is 13.4. The van der Waals surface area contributed by atoms with Gasteiger partial charge in [-0.2, -0.15) is 13.2 Å². The van der Waals surface area contributed by atoms with E-state index in [-0.39, 0.29) is 17.1 Å².